The molecule has 1 aliphatic carbocycles. The lowest BCUT2D eigenvalue weighted by Gasteiger charge is -2.43. The maximum absolute atomic E-state index is 12.8. The molecule has 1 heterocycles. The number of carbonyl (C=O) groups excluding carboxylic acids is 2. The van der Waals surface area contributed by atoms with Crippen molar-refractivity contribution in [2.45, 2.75) is 43.7 Å². The quantitative estimate of drug-likeness (QED) is 0.721. The van der Waals surface area contributed by atoms with E-state index < -0.39 is 11.7 Å². The Morgan fingerprint density at radius 1 is 0.969 bits per heavy atom. The molecule has 2 aliphatic rings. The van der Waals surface area contributed by atoms with Gasteiger partial charge in [-0.05, 0) is 55.5 Å². The van der Waals surface area contributed by atoms with Crippen LogP contribution in [0.4, 0.5) is 13.2 Å². The van der Waals surface area contributed by atoms with Crippen LogP contribution in [-0.2, 0) is 16.4 Å². The number of nitrogens with zero attached hydrogens (tertiary/aromatic N) is 1. The summed E-state index contributed by atoms with van der Waals surface area (Å²) in [6.07, 6.45) is -0.0249. The highest BCUT2D eigenvalue weighted by Gasteiger charge is 2.39. The summed E-state index contributed by atoms with van der Waals surface area (Å²) in [5, 5.41) is 3.14. The summed E-state index contributed by atoms with van der Waals surface area (Å²) >= 11 is 0. The van der Waals surface area contributed by atoms with Crippen LogP contribution in [0.25, 0.3) is 0 Å². The van der Waals surface area contributed by atoms with Crippen LogP contribution in [0, 0.1) is 5.92 Å². The van der Waals surface area contributed by atoms with Gasteiger partial charge in [0.1, 0.15) is 0 Å². The van der Waals surface area contributed by atoms with Crippen LogP contribution in [0.2, 0.25) is 0 Å². The van der Waals surface area contributed by atoms with Crippen LogP contribution in [0.1, 0.15) is 53.6 Å². The van der Waals surface area contributed by atoms with Gasteiger partial charge in [-0.1, -0.05) is 36.8 Å². The van der Waals surface area contributed by atoms with Crippen molar-refractivity contribution < 1.29 is 22.8 Å². The summed E-state index contributed by atoms with van der Waals surface area (Å²) in [5.41, 5.74) is 0.749. The standard InChI is InChI=1S/C25H27F3N2O2/c26-25(27,28)21-9-7-19(8-10-21)23(32)30-15-11-18(12-16-30)22(31)29-17-24(13-4-14-24)20-5-2-1-3-6-20/h1-3,5-10,18H,4,11-17H2,(H,29,31). The SMILES string of the molecule is O=C(NCC1(c2ccccc2)CCC1)C1CCN(C(=O)c2ccc(C(F)(F)F)cc2)CC1. The van der Waals surface area contributed by atoms with Crippen molar-refractivity contribution in [3.05, 3.63) is 71.3 Å². The number of benzene rings is 2. The number of rotatable bonds is 5. The number of alkyl halides is 3. The Morgan fingerprint density at radius 3 is 2.12 bits per heavy atom. The van der Waals surface area contributed by atoms with E-state index in [1.807, 2.05) is 18.2 Å². The summed E-state index contributed by atoms with van der Waals surface area (Å²) < 4.78 is 38.2. The Kier molecular flexibility index (Phi) is 6.26. The predicted molar refractivity (Wildman–Crippen MR) is 115 cm³/mol. The van der Waals surface area contributed by atoms with Crippen LogP contribution >= 0.6 is 0 Å². The minimum atomic E-state index is -4.42. The van der Waals surface area contributed by atoms with Crippen LogP contribution < -0.4 is 5.32 Å². The van der Waals surface area contributed by atoms with E-state index in [0.29, 0.717) is 32.5 Å². The Hall–Kier alpha value is -2.83. The molecule has 4 rings (SSSR count). The molecule has 2 aromatic rings. The molecule has 2 aromatic carbocycles. The lowest BCUT2D eigenvalue weighted by atomic mass is 9.64. The maximum atomic E-state index is 12.8. The molecule has 0 atom stereocenters. The van der Waals surface area contributed by atoms with Gasteiger partial charge < -0.3 is 10.2 Å². The van der Waals surface area contributed by atoms with E-state index in [0.717, 1.165) is 31.4 Å². The second-order valence-corrected chi connectivity index (χ2v) is 8.86. The van der Waals surface area contributed by atoms with Gasteiger partial charge in [0, 0.05) is 36.5 Å². The Labute approximate surface area is 185 Å². The zero-order chi connectivity index (χ0) is 22.8. The molecule has 4 nitrogen and oxygen atoms in total. The molecule has 1 aliphatic heterocycles. The van der Waals surface area contributed by atoms with E-state index in [2.05, 4.69) is 17.4 Å². The molecule has 32 heavy (non-hydrogen) atoms. The third-order valence-corrected chi connectivity index (χ3v) is 6.91. The molecule has 0 radical (unpaired) electrons. The molecule has 0 aromatic heterocycles. The van der Waals surface area contributed by atoms with Crippen molar-refractivity contribution in [3.8, 4) is 0 Å². The van der Waals surface area contributed by atoms with Gasteiger partial charge in [0.2, 0.25) is 5.91 Å². The van der Waals surface area contributed by atoms with Gasteiger partial charge in [-0.25, -0.2) is 0 Å². The second-order valence-electron chi connectivity index (χ2n) is 8.86. The fourth-order valence-corrected chi connectivity index (χ4v) is 4.69. The first-order valence-corrected chi connectivity index (χ1v) is 11.1. The number of amides is 2. The number of hydrogen-bond donors (Lipinski definition) is 1. The van der Waals surface area contributed by atoms with Crippen LogP contribution in [0.15, 0.2) is 54.6 Å². The Balaban J connectivity index is 1.29. The summed E-state index contributed by atoms with van der Waals surface area (Å²) in [6, 6.07) is 14.6. The minimum absolute atomic E-state index is 0.0221. The number of carbonyl (C=O) groups is 2. The number of nitrogens with one attached hydrogen (secondary N) is 1. The molecule has 2 fully saturated rings. The van der Waals surface area contributed by atoms with Gasteiger partial charge in [-0.2, -0.15) is 13.2 Å². The highest BCUT2D eigenvalue weighted by atomic mass is 19.4. The zero-order valence-corrected chi connectivity index (χ0v) is 17.8. The summed E-state index contributed by atoms with van der Waals surface area (Å²) in [4.78, 5) is 27.0. The third-order valence-electron chi connectivity index (χ3n) is 6.91. The molecule has 1 N–H and O–H groups in total. The lowest BCUT2D eigenvalue weighted by Crippen LogP contribution is -2.48. The van der Waals surface area contributed by atoms with E-state index in [1.165, 1.54) is 17.7 Å². The highest BCUT2D eigenvalue weighted by Crippen LogP contribution is 2.43. The molecule has 0 bridgehead atoms. The average Bonchev–Trinajstić information content (AvgIpc) is 2.78. The minimum Gasteiger partial charge on any atom is -0.355 e. The number of piperidine rings is 1. The van der Waals surface area contributed by atoms with Crippen molar-refractivity contribution >= 4 is 11.8 Å². The van der Waals surface area contributed by atoms with E-state index in [9.17, 15) is 22.8 Å². The third kappa shape index (κ3) is 4.66. The smallest absolute Gasteiger partial charge is 0.355 e. The first-order valence-electron chi connectivity index (χ1n) is 11.1. The fourth-order valence-electron chi connectivity index (χ4n) is 4.69. The normalized spacial score (nSPS) is 18.7. The first kappa shape index (κ1) is 22.4. The second kappa shape index (κ2) is 8.96. The largest absolute Gasteiger partial charge is 0.416 e. The van der Waals surface area contributed by atoms with Gasteiger partial charge >= 0.3 is 6.18 Å². The number of likely N-dealkylation sites (tertiary alicyclic amines) is 1. The Bertz CT molecular complexity index is 945. The van der Waals surface area contributed by atoms with Crippen LogP contribution in [-0.4, -0.2) is 36.3 Å². The van der Waals surface area contributed by atoms with E-state index >= 15 is 0 Å². The zero-order valence-electron chi connectivity index (χ0n) is 17.8. The van der Waals surface area contributed by atoms with Gasteiger partial charge in [0.05, 0.1) is 5.56 Å². The molecular weight excluding hydrogens is 417 g/mol. The van der Waals surface area contributed by atoms with Gasteiger partial charge in [-0.15, -0.1) is 0 Å². The van der Waals surface area contributed by atoms with Crippen molar-refractivity contribution in [2.24, 2.45) is 5.92 Å². The number of halogens is 3. The topological polar surface area (TPSA) is 49.4 Å². The monoisotopic (exact) mass is 444 g/mol. The van der Waals surface area contributed by atoms with Crippen molar-refractivity contribution in [1.82, 2.24) is 10.2 Å². The Morgan fingerprint density at radius 2 is 1.59 bits per heavy atom. The van der Waals surface area contributed by atoms with Crippen LogP contribution in [0.5, 0.6) is 0 Å². The number of hydrogen-bond acceptors (Lipinski definition) is 2. The summed E-state index contributed by atoms with van der Waals surface area (Å²) in [7, 11) is 0. The van der Waals surface area contributed by atoms with Crippen molar-refractivity contribution in [2.75, 3.05) is 19.6 Å². The van der Waals surface area contributed by atoms with E-state index in [-0.39, 0.29) is 28.7 Å². The molecule has 2 amide bonds. The molecule has 7 heteroatoms. The summed E-state index contributed by atoms with van der Waals surface area (Å²) in [5.74, 6) is -0.427. The first-order chi connectivity index (χ1) is 15.3. The van der Waals surface area contributed by atoms with E-state index in [1.54, 1.807) is 4.90 Å². The van der Waals surface area contributed by atoms with Gasteiger partial charge in [0.25, 0.3) is 5.91 Å². The van der Waals surface area contributed by atoms with Gasteiger partial charge in [0.15, 0.2) is 0 Å². The molecule has 0 spiro atoms. The molecule has 1 saturated heterocycles. The van der Waals surface area contributed by atoms with Gasteiger partial charge in [-0.3, -0.25) is 9.59 Å². The van der Waals surface area contributed by atoms with E-state index in [4.69, 9.17) is 0 Å². The molecule has 1 saturated carbocycles. The lowest BCUT2D eigenvalue weighted by molar-refractivity contribution is -0.137. The van der Waals surface area contributed by atoms with Crippen molar-refractivity contribution in [1.29, 1.82) is 0 Å². The molecule has 170 valence electrons. The average molecular weight is 444 g/mol. The maximum Gasteiger partial charge on any atom is 0.416 e. The highest BCUT2D eigenvalue weighted by molar-refractivity contribution is 5.94. The predicted octanol–water partition coefficient (Wildman–Crippen LogP) is 4.80. The summed E-state index contributed by atoms with van der Waals surface area (Å²) in [6.45, 7) is 1.46. The molecule has 0 unspecified atom stereocenters. The van der Waals surface area contributed by atoms with Crippen LogP contribution in [0.3, 0.4) is 0 Å². The fraction of sp³-hybridized carbons (Fsp3) is 0.440. The van der Waals surface area contributed by atoms with Crippen molar-refractivity contribution in [3.63, 3.8) is 0 Å². The molecular formula is C25H27F3N2O2.